The van der Waals surface area contributed by atoms with Gasteiger partial charge >= 0.3 is 0 Å². The number of fused-ring (bicyclic) bond motifs is 1. The predicted molar refractivity (Wildman–Crippen MR) is 67.0 cm³/mol. The summed E-state index contributed by atoms with van der Waals surface area (Å²) in [7, 11) is 0. The third kappa shape index (κ3) is 2.06. The zero-order chi connectivity index (χ0) is 12.5. The van der Waals surface area contributed by atoms with E-state index in [0.717, 1.165) is 10.8 Å². The molecular weight excluding hydrogens is 214 g/mol. The van der Waals surface area contributed by atoms with E-state index in [9.17, 15) is 9.90 Å². The molecule has 0 aliphatic carbocycles. The van der Waals surface area contributed by atoms with Crippen LogP contribution in [0.3, 0.4) is 0 Å². The number of rotatable bonds is 3. The summed E-state index contributed by atoms with van der Waals surface area (Å²) >= 11 is 0. The number of pyridine rings is 1. The van der Waals surface area contributed by atoms with Crippen molar-refractivity contribution in [3.8, 4) is 0 Å². The second-order valence-corrected chi connectivity index (χ2v) is 4.36. The molecule has 88 valence electrons. The maximum absolute atomic E-state index is 12.2. The van der Waals surface area contributed by atoms with Gasteiger partial charge in [-0.2, -0.15) is 0 Å². The summed E-state index contributed by atoms with van der Waals surface area (Å²) in [5.41, 5.74) is -0.785. The lowest BCUT2D eigenvalue weighted by Gasteiger charge is -2.20. The Labute approximate surface area is 100 Å². The van der Waals surface area contributed by atoms with Crippen LogP contribution < -0.4 is 0 Å². The third-order valence-corrected chi connectivity index (χ3v) is 3.11. The average molecular weight is 229 g/mol. The maximum atomic E-state index is 12.2. The number of carbonyl (C=O) groups excluding carboxylic acids is 1. The van der Waals surface area contributed by atoms with Gasteiger partial charge in [-0.05, 0) is 24.8 Å². The summed E-state index contributed by atoms with van der Waals surface area (Å²) in [6, 6.07) is 7.33. The molecule has 0 spiro atoms. The van der Waals surface area contributed by atoms with Crippen molar-refractivity contribution in [2.45, 2.75) is 25.9 Å². The second-order valence-electron chi connectivity index (χ2n) is 4.36. The van der Waals surface area contributed by atoms with Gasteiger partial charge in [0.25, 0.3) is 0 Å². The lowest BCUT2D eigenvalue weighted by atomic mass is 9.90. The molecule has 1 aromatic heterocycles. The van der Waals surface area contributed by atoms with E-state index in [1.165, 1.54) is 0 Å². The number of aliphatic hydroxyl groups is 1. The minimum Gasteiger partial charge on any atom is -0.382 e. The second kappa shape index (κ2) is 4.26. The van der Waals surface area contributed by atoms with Crippen LogP contribution in [0.1, 0.15) is 30.6 Å². The number of benzene rings is 1. The molecule has 0 saturated carbocycles. The Hall–Kier alpha value is -1.74. The number of aromatic nitrogens is 1. The van der Waals surface area contributed by atoms with Crippen molar-refractivity contribution >= 4 is 16.6 Å². The predicted octanol–water partition coefficient (Wildman–Crippen LogP) is 2.58. The average Bonchev–Trinajstić information content (AvgIpc) is 2.37. The minimum absolute atomic E-state index is 0.251. The maximum Gasteiger partial charge on any atom is 0.194 e. The van der Waals surface area contributed by atoms with Gasteiger partial charge in [-0.3, -0.25) is 9.78 Å². The van der Waals surface area contributed by atoms with Gasteiger partial charge in [0.1, 0.15) is 5.60 Å². The van der Waals surface area contributed by atoms with Gasteiger partial charge in [-0.1, -0.05) is 25.1 Å². The first-order chi connectivity index (χ1) is 8.06. The lowest BCUT2D eigenvalue weighted by Crippen LogP contribution is -2.34. The summed E-state index contributed by atoms with van der Waals surface area (Å²) in [5.74, 6) is -0.251. The van der Waals surface area contributed by atoms with Crippen LogP contribution >= 0.6 is 0 Å². The Kier molecular flexibility index (Phi) is 2.94. The highest BCUT2D eigenvalue weighted by atomic mass is 16.3. The zero-order valence-electron chi connectivity index (χ0n) is 9.97. The molecule has 0 radical (unpaired) electrons. The number of hydrogen-bond donors (Lipinski definition) is 1. The van der Waals surface area contributed by atoms with Gasteiger partial charge in [0.05, 0.1) is 0 Å². The molecule has 1 N–H and O–H groups in total. The Bertz CT molecular complexity index is 556. The largest absolute Gasteiger partial charge is 0.382 e. The van der Waals surface area contributed by atoms with Gasteiger partial charge < -0.3 is 5.11 Å². The summed E-state index contributed by atoms with van der Waals surface area (Å²) in [6.07, 6.45) is 3.74. The first-order valence-electron chi connectivity index (χ1n) is 5.66. The molecule has 2 rings (SSSR count). The van der Waals surface area contributed by atoms with Crippen LogP contribution in [0.2, 0.25) is 0 Å². The van der Waals surface area contributed by atoms with Gasteiger partial charge in [0, 0.05) is 23.3 Å². The fourth-order valence-corrected chi connectivity index (χ4v) is 1.76. The Morgan fingerprint density at radius 3 is 2.88 bits per heavy atom. The molecule has 0 aliphatic heterocycles. The van der Waals surface area contributed by atoms with E-state index in [-0.39, 0.29) is 5.78 Å². The fourth-order valence-electron chi connectivity index (χ4n) is 1.76. The number of hydrogen-bond acceptors (Lipinski definition) is 3. The van der Waals surface area contributed by atoms with E-state index >= 15 is 0 Å². The summed E-state index contributed by atoms with van der Waals surface area (Å²) in [4.78, 5) is 16.3. The third-order valence-electron chi connectivity index (χ3n) is 3.11. The molecule has 1 unspecified atom stereocenters. The molecule has 1 heterocycles. The van der Waals surface area contributed by atoms with E-state index in [2.05, 4.69) is 4.98 Å². The van der Waals surface area contributed by atoms with Gasteiger partial charge in [-0.25, -0.2) is 0 Å². The van der Waals surface area contributed by atoms with Gasteiger partial charge in [0.15, 0.2) is 5.78 Å². The number of nitrogens with zero attached hydrogens (tertiary/aromatic N) is 1. The van der Waals surface area contributed by atoms with Crippen LogP contribution in [0.4, 0.5) is 0 Å². The molecule has 0 saturated heterocycles. The van der Waals surface area contributed by atoms with Crippen LogP contribution in [0, 0.1) is 0 Å². The number of ketones is 1. The first-order valence-corrected chi connectivity index (χ1v) is 5.66. The van der Waals surface area contributed by atoms with Crippen molar-refractivity contribution in [3.63, 3.8) is 0 Å². The molecule has 2 aromatic rings. The van der Waals surface area contributed by atoms with Crippen LogP contribution in [0.15, 0.2) is 36.7 Å². The molecule has 17 heavy (non-hydrogen) atoms. The van der Waals surface area contributed by atoms with Crippen molar-refractivity contribution in [2.24, 2.45) is 0 Å². The molecule has 3 nitrogen and oxygen atoms in total. The van der Waals surface area contributed by atoms with Gasteiger partial charge in [0.2, 0.25) is 0 Å². The van der Waals surface area contributed by atoms with Gasteiger partial charge in [-0.15, -0.1) is 0 Å². The highest BCUT2D eigenvalue weighted by molar-refractivity contribution is 6.11. The SMILES string of the molecule is CCC(C)(O)C(=O)c1cccc2ccncc12. The van der Waals surface area contributed by atoms with E-state index in [1.807, 2.05) is 18.2 Å². The molecule has 0 amide bonds. The monoisotopic (exact) mass is 229 g/mol. The van der Waals surface area contributed by atoms with Crippen LogP contribution in [0.5, 0.6) is 0 Å². The molecule has 1 atom stereocenters. The minimum atomic E-state index is -1.32. The van der Waals surface area contributed by atoms with Crippen LogP contribution in [-0.2, 0) is 0 Å². The number of carbonyl (C=O) groups is 1. The number of Topliss-reactive ketones (excluding diaryl/α,β-unsaturated/α-hetero) is 1. The smallest absolute Gasteiger partial charge is 0.194 e. The summed E-state index contributed by atoms with van der Waals surface area (Å²) in [6.45, 7) is 3.34. The summed E-state index contributed by atoms with van der Waals surface area (Å²) < 4.78 is 0. The first kappa shape index (κ1) is 11.7. The van der Waals surface area contributed by atoms with Crippen molar-refractivity contribution < 1.29 is 9.90 Å². The van der Waals surface area contributed by atoms with E-state index in [0.29, 0.717) is 12.0 Å². The van der Waals surface area contributed by atoms with Crippen molar-refractivity contribution in [3.05, 3.63) is 42.2 Å². The normalized spacial score (nSPS) is 14.5. The van der Waals surface area contributed by atoms with E-state index < -0.39 is 5.60 Å². The standard InChI is InChI=1S/C14H15NO2/c1-3-14(2,17)13(16)11-6-4-5-10-7-8-15-9-12(10)11/h4-9,17H,3H2,1-2H3. The van der Waals surface area contributed by atoms with Crippen molar-refractivity contribution in [1.29, 1.82) is 0 Å². The Balaban J connectivity index is 2.60. The lowest BCUT2D eigenvalue weighted by molar-refractivity contribution is 0.0392. The highest BCUT2D eigenvalue weighted by Gasteiger charge is 2.29. The quantitative estimate of drug-likeness (QED) is 0.823. The molecular formula is C14H15NO2. The van der Waals surface area contributed by atoms with Crippen LogP contribution in [-0.4, -0.2) is 21.5 Å². The molecule has 0 bridgehead atoms. The Morgan fingerprint density at radius 1 is 1.41 bits per heavy atom. The van der Waals surface area contributed by atoms with Crippen molar-refractivity contribution in [2.75, 3.05) is 0 Å². The zero-order valence-corrected chi connectivity index (χ0v) is 9.97. The highest BCUT2D eigenvalue weighted by Crippen LogP contribution is 2.23. The molecule has 3 heteroatoms. The molecule has 0 aliphatic rings. The summed E-state index contributed by atoms with van der Waals surface area (Å²) in [5, 5.41) is 11.8. The Morgan fingerprint density at radius 2 is 2.18 bits per heavy atom. The van der Waals surface area contributed by atoms with Crippen molar-refractivity contribution in [1.82, 2.24) is 4.98 Å². The van der Waals surface area contributed by atoms with E-state index in [1.54, 1.807) is 32.3 Å². The van der Waals surface area contributed by atoms with E-state index in [4.69, 9.17) is 0 Å². The topological polar surface area (TPSA) is 50.2 Å². The fraction of sp³-hybridized carbons (Fsp3) is 0.286. The molecule has 0 fully saturated rings. The molecule has 1 aromatic carbocycles. The van der Waals surface area contributed by atoms with Crippen LogP contribution in [0.25, 0.3) is 10.8 Å².